The average Bonchev–Trinajstić information content (AvgIpc) is 3.29. The van der Waals surface area contributed by atoms with E-state index in [0.717, 1.165) is 11.1 Å². The van der Waals surface area contributed by atoms with Crippen molar-refractivity contribution in [3.05, 3.63) is 120 Å². The third-order valence-electron chi connectivity index (χ3n) is 6.40. The Morgan fingerprint density at radius 2 is 1.68 bits per heavy atom. The van der Waals surface area contributed by atoms with E-state index < -0.39 is 11.7 Å². The number of rotatable bonds is 8. The molecule has 0 saturated carbocycles. The fourth-order valence-electron chi connectivity index (χ4n) is 4.38. The Morgan fingerprint density at radius 1 is 0.974 bits per heavy atom. The Balaban J connectivity index is 1.49. The van der Waals surface area contributed by atoms with Crippen molar-refractivity contribution < 1.29 is 14.0 Å². The highest BCUT2D eigenvalue weighted by molar-refractivity contribution is 6.48. The van der Waals surface area contributed by atoms with Crippen LogP contribution in [0.2, 0.25) is 0 Å². The first-order chi connectivity index (χ1) is 18.4. The SMILES string of the molecule is C[C@H](Nc1nccc(N(Cc2ccc(F)cc2)C(=O)C(=O)c2cn(C)c3ccccc23)n1)c1ccccc1. The molecule has 38 heavy (non-hydrogen) atoms. The summed E-state index contributed by atoms with van der Waals surface area (Å²) < 4.78 is 15.4. The first-order valence-corrected chi connectivity index (χ1v) is 12.2. The summed E-state index contributed by atoms with van der Waals surface area (Å²) in [5.74, 6) is -1.22. The molecule has 0 aliphatic carbocycles. The van der Waals surface area contributed by atoms with Gasteiger partial charge in [0.05, 0.1) is 18.2 Å². The minimum Gasteiger partial charge on any atom is -0.350 e. The number of anilines is 2. The molecule has 0 spiro atoms. The van der Waals surface area contributed by atoms with Crippen LogP contribution in [0.5, 0.6) is 0 Å². The topological polar surface area (TPSA) is 80.1 Å². The summed E-state index contributed by atoms with van der Waals surface area (Å²) in [5, 5.41) is 3.95. The number of halogens is 1. The monoisotopic (exact) mass is 507 g/mol. The largest absolute Gasteiger partial charge is 0.350 e. The van der Waals surface area contributed by atoms with E-state index in [0.29, 0.717) is 22.5 Å². The van der Waals surface area contributed by atoms with E-state index in [9.17, 15) is 14.0 Å². The van der Waals surface area contributed by atoms with Crippen LogP contribution >= 0.6 is 0 Å². The molecule has 0 radical (unpaired) electrons. The Bertz CT molecular complexity index is 1600. The molecule has 0 fully saturated rings. The zero-order chi connectivity index (χ0) is 26.6. The smallest absolute Gasteiger partial charge is 0.300 e. The zero-order valence-electron chi connectivity index (χ0n) is 21.0. The minimum absolute atomic E-state index is 0.0281. The van der Waals surface area contributed by atoms with Crippen LogP contribution in [0.4, 0.5) is 16.2 Å². The van der Waals surface area contributed by atoms with Gasteiger partial charge in [-0.25, -0.2) is 9.37 Å². The van der Waals surface area contributed by atoms with Crippen LogP contribution in [0.15, 0.2) is 97.3 Å². The van der Waals surface area contributed by atoms with Crippen molar-refractivity contribution in [2.45, 2.75) is 19.5 Å². The second kappa shape index (κ2) is 10.6. The summed E-state index contributed by atoms with van der Waals surface area (Å²) in [7, 11) is 1.83. The number of benzene rings is 3. The number of fused-ring (bicyclic) bond motifs is 1. The molecular formula is C30H26FN5O2. The van der Waals surface area contributed by atoms with Crippen LogP contribution in [0.3, 0.4) is 0 Å². The second-order valence-electron chi connectivity index (χ2n) is 9.03. The van der Waals surface area contributed by atoms with Crippen LogP contribution in [-0.4, -0.2) is 26.2 Å². The van der Waals surface area contributed by atoms with Gasteiger partial charge in [0.1, 0.15) is 11.6 Å². The number of para-hydroxylation sites is 1. The van der Waals surface area contributed by atoms with Crippen molar-refractivity contribution in [2.24, 2.45) is 7.05 Å². The molecule has 2 aromatic heterocycles. The summed E-state index contributed by atoms with van der Waals surface area (Å²) in [4.78, 5) is 37.5. The number of nitrogens with one attached hydrogen (secondary N) is 1. The predicted molar refractivity (Wildman–Crippen MR) is 145 cm³/mol. The predicted octanol–water partition coefficient (Wildman–Crippen LogP) is 5.70. The Labute approximate surface area is 219 Å². The van der Waals surface area contributed by atoms with E-state index in [4.69, 9.17) is 0 Å². The van der Waals surface area contributed by atoms with Crippen LogP contribution in [-0.2, 0) is 18.4 Å². The fraction of sp³-hybridized carbons (Fsp3) is 0.133. The maximum Gasteiger partial charge on any atom is 0.300 e. The number of amides is 1. The van der Waals surface area contributed by atoms with Gasteiger partial charge in [-0.15, -0.1) is 0 Å². The fourth-order valence-corrected chi connectivity index (χ4v) is 4.38. The van der Waals surface area contributed by atoms with Crippen LogP contribution in [0, 0.1) is 5.82 Å². The van der Waals surface area contributed by atoms with Crippen molar-refractivity contribution in [3.63, 3.8) is 0 Å². The number of nitrogens with zero attached hydrogens (tertiary/aromatic N) is 4. The van der Waals surface area contributed by atoms with E-state index >= 15 is 0 Å². The van der Waals surface area contributed by atoms with Crippen LogP contribution in [0.1, 0.15) is 34.5 Å². The van der Waals surface area contributed by atoms with Crippen LogP contribution < -0.4 is 10.2 Å². The van der Waals surface area contributed by atoms with Gasteiger partial charge in [0.25, 0.3) is 5.78 Å². The molecule has 1 atom stereocenters. The van der Waals surface area contributed by atoms with E-state index in [-0.39, 0.29) is 24.2 Å². The summed E-state index contributed by atoms with van der Waals surface area (Å²) in [5.41, 5.74) is 2.85. The molecule has 2 heterocycles. The first kappa shape index (κ1) is 24.8. The van der Waals surface area contributed by atoms with Gasteiger partial charge in [-0.05, 0) is 42.3 Å². The highest BCUT2D eigenvalue weighted by atomic mass is 19.1. The molecule has 5 aromatic rings. The number of aryl methyl sites for hydroxylation is 1. The summed E-state index contributed by atoms with van der Waals surface area (Å²) in [6.07, 6.45) is 3.20. The number of hydrogen-bond donors (Lipinski definition) is 1. The Hall–Kier alpha value is -4.85. The normalized spacial score (nSPS) is 11.8. The average molecular weight is 508 g/mol. The number of ketones is 1. The molecule has 5 rings (SSSR count). The first-order valence-electron chi connectivity index (χ1n) is 12.2. The van der Waals surface area contributed by atoms with E-state index in [1.54, 1.807) is 24.4 Å². The molecule has 7 nitrogen and oxygen atoms in total. The summed E-state index contributed by atoms with van der Waals surface area (Å²) in [6, 6.07) is 24.5. The van der Waals surface area contributed by atoms with Gasteiger partial charge < -0.3 is 9.88 Å². The lowest BCUT2D eigenvalue weighted by Gasteiger charge is -2.22. The molecule has 190 valence electrons. The molecule has 1 amide bonds. The van der Waals surface area contributed by atoms with Gasteiger partial charge >= 0.3 is 5.91 Å². The molecular weight excluding hydrogens is 481 g/mol. The third-order valence-corrected chi connectivity index (χ3v) is 6.40. The van der Waals surface area contributed by atoms with Crippen molar-refractivity contribution >= 4 is 34.4 Å². The maximum absolute atomic E-state index is 13.7. The minimum atomic E-state index is -0.744. The van der Waals surface area contributed by atoms with Crippen LogP contribution in [0.25, 0.3) is 10.9 Å². The third kappa shape index (κ3) is 5.15. The van der Waals surface area contributed by atoms with E-state index in [1.165, 1.54) is 23.2 Å². The number of carbonyl (C=O) groups excluding carboxylic acids is 2. The zero-order valence-corrected chi connectivity index (χ0v) is 21.0. The summed E-state index contributed by atoms with van der Waals surface area (Å²) in [6.45, 7) is 2.01. The van der Waals surface area contributed by atoms with Gasteiger partial charge in [0, 0.05) is 30.3 Å². The number of hydrogen-bond acceptors (Lipinski definition) is 5. The van der Waals surface area contributed by atoms with Crippen molar-refractivity contribution in [1.82, 2.24) is 14.5 Å². The van der Waals surface area contributed by atoms with Crippen molar-refractivity contribution in [2.75, 3.05) is 10.2 Å². The molecule has 3 aromatic carbocycles. The number of Topliss-reactive ketones (excluding diaryl/α,β-unsaturated/α-hetero) is 1. The molecule has 0 aliphatic heterocycles. The Morgan fingerprint density at radius 3 is 2.45 bits per heavy atom. The quantitative estimate of drug-likeness (QED) is 0.215. The molecule has 0 bridgehead atoms. The van der Waals surface area contributed by atoms with Gasteiger partial charge in [-0.3, -0.25) is 14.5 Å². The molecule has 1 N–H and O–H groups in total. The number of carbonyl (C=O) groups is 2. The molecule has 8 heteroatoms. The molecule has 0 saturated heterocycles. The number of aromatic nitrogens is 3. The van der Waals surface area contributed by atoms with Gasteiger partial charge in [-0.1, -0.05) is 60.7 Å². The lowest BCUT2D eigenvalue weighted by atomic mass is 10.1. The molecule has 0 unspecified atom stereocenters. The van der Waals surface area contributed by atoms with Crippen molar-refractivity contribution in [3.8, 4) is 0 Å². The molecule has 0 aliphatic rings. The Kier molecular flexibility index (Phi) is 6.95. The van der Waals surface area contributed by atoms with Gasteiger partial charge in [0.15, 0.2) is 0 Å². The maximum atomic E-state index is 13.7. The van der Waals surface area contributed by atoms with Gasteiger partial charge in [0.2, 0.25) is 5.95 Å². The lowest BCUT2D eigenvalue weighted by Crippen LogP contribution is -2.37. The van der Waals surface area contributed by atoms with E-state index in [1.807, 2.05) is 73.1 Å². The summed E-state index contributed by atoms with van der Waals surface area (Å²) >= 11 is 0. The highest BCUT2D eigenvalue weighted by Crippen LogP contribution is 2.24. The van der Waals surface area contributed by atoms with Gasteiger partial charge in [-0.2, -0.15) is 4.98 Å². The second-order valence-corrected chi connectivity index (χ2v) is 9.03. The highest BCUT2D eigenvalue weighted by Gasteiger charge is 2.28. The van der Waals surface area contributed by atoms with E-state index in [2.05, 4.69) is 15.3 Å². The standard InChI is InChI=1S/C30H26FN5O2/c1-20(22-8-4-3-5-9-22)33-30-32-17-16-27(34-30)36(18-21-12-14-23(31)15-13-21)29(38)28(37)25-19-35(2)26-11-7-6-10-24(25)26/h3-17,19-20H,18H2,1-2H3,(H,32,33,34)/t20-/m0/s1. The van der Waals surface area contributed by atoms with Crippen molar-refractivity contribution in [1.29, 1.82) is 0 Å². The lowest BCUT2D eigenvalue weighted by molar-refractivity contribution is -0.114.